The highest BCUT2D eigenvalue weighted by molar-refractivity contribution is 7.23. The summed E-state index contributed by atoms with van der Waals surface area (Å²) in [6.07, 6.45) is -0.751. The van der Waals surface area contributed by atoms with Gasteiger partial charge in [0.15, 0.2) is 16.6 Å². The van der Waals surface area contributed by atoms with Gasteiger partial charge in [0, 0.05) is 0 Å². The van der Waals surface area contributed by atoms with Crippen LogP contribution in [0.5, 0.6) is 17.2 Å². The van der Waals surface area contributed by atoms with Gasteiger partial charge < -0.3 is 14.2 Å². The summed E-state index contributed by atoms with van der Waals surface area (Å²) in [5.41, 5.74) is 0.612. The molecule has 1 aromatic heterocycles. The Bertz CT molecular complexity index is 959. The number of anilines is 1. The van der Waals surface area contributed by atoms with Crippen LogP contribution in [0.3, 0.4) is 0 Å². The van der Waals surface area contributed by atoms with E-state index in [9.17, 15) is 4.79 Å². The number of methoxy groups -OCH3 is 1. The molecule has 0 unspecified atom stereocenters. The first-order valence-corrected chi connectivity index (χ1v) is 8.67. The van der Waals surface area contributed by atoms with Gasteiger partial charge in [-0.05, 0) is 24.3 Å². The van der Waals surface area contributed by atoms with E-state index >= 15 is 0 Å². The number of nitrogens with one attached hydrogen (secondary N) is 1. The van der Waals surface area contributed by atoms with Crippen LogP contribution in [0.1, 0.15) is 0 Å². The van der Waals surface area contributed by atoms with Crippen LogP contribution in [0.4, 0.5) is 5.13 Å². The summed E-state index contributed by atoms with van der Waals surface area (Å²) in [7, 11) is 1.56. The van der Waals surface area contributed by atoms with E-state index < -0.39 is 6.10 Å². The second kappa shape index (κ2) is 6.42. The molecule has 4 rings (SSSR count). The van der Waals surface area contributed by atoms with Crippen LogP contribution in [0, 0.1) is 0 Å². The van der Waals surface area contributed by atoms with E-state index in [0.717, 1.165) is 4.70 Å². The van der Waals surface area contributed by atoms with Gasteiger partial charge in [0.25, 0.3) is 5.91 Å². The summed E-state index contributed by atoms with van der Waals surface area (Å²) in [4.78, 5) is 16.9. The molecule has 0 spiro atoms. The summed E-state index contributed by atoms with van der Waals surface area (Å²) in [6, 6.07) is 10.7. The number of amides is 1. The first-order chi connectivity index (χ1) is 12.2. The predicted molar refractivity (Wildman–Crippen MR) is 96.2 cm³/mol. The quantitative estimate of drug-likeness (QED) is 0.754. The van der Waals surface area contributed by atoms with E-state index in [-0.39, 0.29) is 12.5 Å². The fraction of sp³-hybridized carbons (Fsp3) is 0.176. The predicted octanol–water partition coefficient (Wildman–Crippen LogP) is 3.74. The minimum Gasteiger partial charge on any atom is -0.494 e. The lowest BCUT2D eigenvalue weighted by Crippen LogP contribution is -2.40. The summed E-state index contributed by atoms with van der Waals surface area (Å²) < 4.78 is 17.3. The molecule has 1 amide bonds. The zero-order chi connectivity index (χ0) is 17.4. The summed E-state index contributed by atoms with van der Waals surface area (Å²) >= 11 is 7.48. The maximum Gasteiger partial charge on any atom is 0.270 e. The van der Waals surface area contributed by atoms with Gasteiger partial charge in [0.1, 0.15) is 17.9 Å². The maximum atomic E-state index is 12.5. The minimum absolute atomic E-state index is 0.137. The van der Waals surface area contributed by atoms with Crippen molar-refractivity contribution in [2.24, 2.45) is 0 Å². The Morgan fingerprint density at radius 2 is 2.12 bits per heavy atom. The molecule has 0 radical (unpaired) electrons. The number of hydrogen-bond acceptors (Lipinski definition) is 6. The highest BCUT2D eigenvalue weighted by atomic mass is 35.5. The largest absolute Gasteiger partial charge is 0.494 e. The van der Waals surface area contributed by atoms with E-state index in [1.165, 1.54) is 11.3 Å². The summed E-state index contributed by atoms with van der Waals surface area (Å²) in [5.74, 6) is 1.44. The van der Waals surface area contributed by atoms with Crippen molar-refractivity contribution in [3.63, 3.8) is 0 Å². The van der Waals surface area contributed by atoms with Gasteiger partial charge in [-0.3, -0.25) is 10.1 Å². The van der Waals surface area contributed by atoms with Crippen molar-refractivity contribution in [2.45, 2.75) is 6.10 Å². The molecule has 0 saturated heterocycles. The maximum absolute atomic E-state index is 12.5. The number of rotatable bonds is 3. The molecule has 0 saturated carbocycles. The lowest BCUT2D eigenvalue weighted by atomic mass is 10.2. The van der Waals surface area contributed by atoms with E-state index in [1.807, 2.05) is 12.1 Å². The average Bonchev–Trinajstić information content (AvgIpc) is 3.06. The number of nitrogens with zero attached hydrogens (tertiary/aromatic N) is 1. The Labute approximate surface area is 152 Å². The number of fused-ring (bicyclic) bond motifs is 2. The molecule has 1 aliphatic rings. The first-order valence-electron chi connectivity index (χ1n) is 7.48. The van der Waals surface area contributed by atoms with Crippen LogP contribution in [0.2, 0.25) is 5.02 Å². The fourth-order valence-corrected chi connectivity index (χ4v) is 3.66. The Hall–Kier alpha value is -2.51. The number of halogens is 1. The minimum atomic E-state index is -0.751. The van der Waals surface area contributed by atoms with Crippen molar-refractivity contribution in [2.75, 3.05) is 19.0 Å². The van der Waals surface area contributed by atoms with Crippen molar-refractivity contribution in [3.8, 4) is 17.2 Å². The Morgan fingerprint density at radius 1 is 1.32 bits per heavy atom. The second-order valence-electron chi connectivity index (χ2n) is 5.30. The van der Waals surface area contributed by atoms with Crippen LogP contribution >= 0.6 is 22.9 Å². The molecular weight excluding hydrogens is 364 g/mol. The number of aromatic nitrogens is 1. The zero-order valence-electron chi connectivity index (χ0n) is 13.1. The van der Waals surface area contributed by atoms with Gasteiger partial charge in [-0.1, -0.05) is 35.1 Å². The van der Waals surface area contributed by atoms with Crippen molar-refractivity contribution in [1.82, 2.24) is 4.98 Å². The SMILES string of the molecule is COc1ccc(Cl)c2sc(NC(=O)[C@H]3COc4ccccc4O3)nc12. The number of benzene rings is 2. The Morgan fingerprint density at radius 3 is 2.92 bits per heavy atom. The van der Waals surface area contributed by atoms with Gasteiger partial charge >= 0.3 is 0 Å². The van der Waals surface area contributed by atoms with E-state index in [4.69, 9.17) is 25.8 Å². The topological polar surface area (TPSA) is 69.7 Å². The highest BCUT2D eigenvalue weighted by Crippen LogP contribution is 2.37. The molecule has 0 bridgehead atoms. The van der Waals surface area contributed by atoms with Crippen LogP contribution in [0.15, 0.2) is 36.4 Å². The van der Waals surface area contributed by atoms with E-state index in [0.29, 0.717) is 32.9 Å². The molecule has 2 heterocycles. The number of para-hydroxylation sites is 2. The lowest BCUT2D eigenvalue weighted by Gasteiger charge is -2.25. The molecule has 0 aliphatic carbocycles. The standard InChI is InChI=1S/C17H13ClN2O4S/c1-22-12-7-6-9(18)15-14(12)19-17(25-15)20-16(21)13-8-23-10-4-2-3-5-11(10)24-13/h2-7,13H,8H2,1H3,(H,19,20,21)/t13-/m1/s1. The van der Waals surface area contributed by atoms with E-state index in [1.54, 1.807) is 31.4 Å². The molecule has 128 valence electrons. The number of thiazole rings is 1. The van der Waals surface area contributed by atoms with E-state index in [2.05, 4.69) is 10.3 Å². The van der Waals surface area contributed by atoms with Crippen molar-refractivity contribution >= 4 is 44.2 Å². The molecule has 0 fully saturated rings. The van der Waals surface area contributed by atoms with Gasteiger partial charge in [0.2, 0.25) is 6.10 Å². The van der Waals surface area contributed by atoms with Crippen LogP contribution in [-0.4, -0.2) is 30.7 Å². The van der Waals surface area contributed by atoms with Gasteiger partial charge in [-0.2, -0.15) is 0 Å². The van der Waals surface area contributed by atoms with Gasteiger partial charge in [-0.15, -0.1) is 0 Å². The zero-order valence-corrected chi connectivity index (χ0v) is 14.7. The fourth-order valence-electron chi connectivity index (χ4n) is 2.51. The molecule has 25 heavy (non-hydrogen) atoms. The Balaban J connectivity index is 1.55. The first kappa shape index (κ1) is 16.0. The third-order valence-corrected chi connectivity index (χ3v) is 5.14. The van der Waals surface area contributed by atoms with Gasteiger partial charge in [0.05, 0.1) is 16.8 Å². The molecule has 1 N–H and O–H groups in total. The molecule has 8 heteroatoms. The molecule has 2 aromatic carbocycles. The number of carbonyl (C=O) groups is 1. The monoisotopic (exact) mass is 376 g/mol. The van der Waals surface area contributed by atoms with Crippen LogP contribution in [-0.2, 0) is 4.79 Å². The molecule has 1 aliphatic heterocycles. The highest BCUT2D eigenvalue weighted by Gasteiger charge is 2.28. The van der Waals surface area contributed by atoms with Crippen molar-refractivity contribution in [3.05, 3.63) is 41.4 Å². The van der Waals surface area contributed by atoms with Crippen LogP contribution in [0.25, 0.3) is 10.2 Å². The molecule has 6 nitrogen and oxygen atoms in total. The summed E-state index contributed by atoms with van der Waals surface area (Å²) in [5, 5.41) is 3.74. The smallest absolute Gasteiger partial charge is 0.270 e. The number of ether oxygens (including phenoxy) is 3. The normalized spacial score (nSPS) is 15.8. The third-order valence-electron chi connectivity index (χ3n) is 3.71. The van der Waals surface area contributed by atoms with Crippen molar-refractivity contribution in [1.29, 1.82) is 0 Å². The van der Waals surface area contributed by atoms with Gasteiger partial charge in [-0.25, -0.2) is 4.98 Å². The number of carbonyl (C=O) groups excluding carboxylic acids is 1. The average molecular weight is 377 g/mol. The van der Waals surface area contributed by atoms with Crippen molar-refractivity contribution < 1.29 is 19.0 Å². The molecular formula is C17H13ClN2O4S. The van der Waals surface area contributed by atoms with Crippen LogP contribution < -0.4 is 19.5 Å². The number of hydrogen-bond donors (Lipinski definition) is 1. The summed E-state index contributed by atoms with van der Waals surface area (Å²) in [6.45, 7) is 0.137. The molecule has 1 atom stereocenters. The third kappa shape index (κ3) is 2.96. The lowest BCUT2D eigenvalue weighted by molar-refractivity contribution is -0.125. The second-order valence-corrected chi connectivity index (χ2v) is 6.71. The molecule has 3 aromatic rings. The Kier molecular flexibility index (Phi) is 4.10.